The zero-order chi connectivity index (χ0) is 20.5. The summed E-state index contributed by atoms with van der Waals surface area (Å²) in [4.78, 5) is 28.1. The summed E-state index contributed by atoms with van der Waals surface area (Å²) in [5.74, 6) is 0.523. The summed E-state index contributed by atoms with van der Waals surface area (Å²) >= 11 is 5.74. The number of amides is 1. The Kier molecular flexibility index (Phi) is 8.07. The monoisotopic (exact) mass is 406 g/mol. The molecule has 2 aromatic rings. The van der Waals surface area contributed by atoms with Crippen molar-refractivity contribution < 1.29 is 23.8 Å². The summed E-state index contributed by atoms with van der Waals surface area (Å²) < 4.78 is 16.3. The number of aromatic nitrogens is 1. The molecule has 0 aliphatic carbocycles. The van der Waals surface area contributed by atoms with Crippen molar-refractivity contribution in [1.29, 1.82) is 0 Å². The number of halogens is 1. The lowest BCUT2D eigenvalue weighted by Gasteiger charge is -2.14. The molecule has 28 heavy (non-hydrogen) atoms. The summed E-state index contributed by atoms with van der Waals surface area (Å²) in [5.41, 5.74) is 0.262. The van der Waals surface area contributed by atoms with Crippen LogP contribution in [0.4, 0.5) is 5.82 Å². The normalized spacial score (nSPS) is 10.5. The molecule has 0 saturated heterocycles. The Hall–Kier alpha value is -2.80. The van der Waals surface area contributed by atoms with E-state index in [0.29, 0.717) is 41.5 Å². The first-order valence-corrected chi connectivity index (χ1v) is 9.25. The van der Waals surface area contributed by atoms with Crippen molar-refractivity contribution >= 4 is 29.3 Å². The van der Waals surface area contributed by atoms with Crippen LogP contribution in [0.15, 0.2) is 36.5 Å². The van der Waals surface area contributed by atoms with Crippen LogP contribution in [-0.2, 0) is 9.53 Å². The SMILES string of the molecule is CCOc1cc(C(=O)OCC(=O)Nc2ccc(Cl)cn2)ccc1OCC(C)C. The molecule has 1 aromatic heterocycles. The van der Waals surface area contributed by atoms with Crippen LogP contribution < -0.4 is 14.8 Å². The van der Waals surface area contributed by atoms with Crippen LogP contribution >= 0.6 is 11.6 Å². The van der Waals surface area contributed by atoms with Crippen LogP contribution in [0, 0.1) is 5.92 Å². The molecule has 1 amide bonds. The van der Waals surface area contributed by atoms with Crippen molar-refractivity contribution in [3.63, 3.8) is 0 Å². The number of ether oxygens (including phenoxy) is 3. The minimum absolute atomic E-state index is 0.262. The van der Waals surface area contributed by atoms with E-state index in [9.17, 15) is 9.59 Å². The van der Waals surface area contributed by atoms with Crippen LogP contribution in [0.3, 0.4) is 0 Å². The van der Waals surface area contributed by atoms with Gasteiger partial charge in [0.1, 0.15) is 5.82 Å². The van der Waals surface area contributed by atoms with E-state index in [1.807, 2.05) is 20.8 Å². The molecule has 0 saturated carbocycles. The van der Waals surface area contributed by atoms with Gasteiger partial charge in [-0.3, -0.25) is 4.79 Å². The summed E-state index contributed by atoms with van der Waals surface area (Å²) in [6, 6.07) is 7.90. The van der Waals surface area contributed by atoms with Gasteiger partial charge in [0, 0.05) is 6.20 Å². The minimum Gasteiger partial charge on any atom is -0.490 e. The highest BCUT2D eigenvalue weighted by Gasteiger charge is 2.15. The van der Waals surface area contributed by atoms with E-state index in [-0.39, 0.29) is 5.56 Å². The summed E-state index contributed by atoms with van der Waals surface area (Å²) in [6.07, 6.45) is 1.40. The van der Waals surface area contributed by atoms with Gasteiger partial charge >= 0.3 is 5.97 Å². The van der Waals surface area contributed by atoms with Crippen molar-refractivity contribution in [2.75, 3.05) is 25.1 Å². The maximum absolute atomic E-state index is 12.2. The van der Waals surface area contributed by atoms with Gasteiger partial charge in [-0.15, -0.1) is 0 Å². The second-order valence-corrected chi connectivity index (χ2v) is 6.72. The number of nitrogens with one attached hydrogen (secondary N) is 1. The number of hydrogen-bond acceptors (Lipinski definition) is 6. The van der Waals surface area contributed by atoms with Gasteiger partial charge in [0.2, 0.25) is 0 Å². The first-order valence-electron chi connectivity index (χ1n) is 8.87. The van der Waals surface area contributed by atoms with Gasteiger partial charge in [-0.2, -0.15) is 0 Å². The third-order valence-corrected chi connectivity index (χ3v) is 3.60. The van der Waals surface area contributed by atoms with Gasteiger partial charge in [0.05, 0.1) is 23.8 Å². The Morgan fingerprint density at radius 1 is 1.14 bits per heavy atom. The smallest absolute Gasteiger partial charge is 0.338 e. The van der Waals surface area contributed by atoms with Crippen molar-refractivity contribution in [3.8, 4) is 11.5 Å². The van der Waals surface area contributed by atoms with Crippen LogP contribution in [0.5, 0.6) is 11.5 Å². The van der Waals surface area contributed by atoms with E-state index in [1.165, 1.54) is 6.20 Å². The highest BCUT2D eigenvalue weighted by molar-refractivity contribution is 6.30. The second-order valence-electron chi connectivity index (χ2n) is 6.29. The van der Waals surface area contributed by atoms with E-state index in [2.05, 4.69) is 10.3 Å². The largest absolute Gasteiger partial charge is 0.490 e. The molecular formula is C20H23ClN2O5. The maximum Gasteiger partial charge on any atom is 0.338 e. The van der Waals surface area contributed by atoms with Gasteiger partial charge in [-0.1, -0.05) is 25.4 Å². The fourth-order valence-corrected chi connectivity index (χ4v) is 2.23. The molecule has 7 nitrogen and oxygen atoms in total. The van der Waals surface area contributed by atoms with Crippen LogP contribution in [0.1, 0.15) is 31.1 Å². The Bertz CT molecular complexity index is 809. The number of rotatable bonds is 9. The maximum atomic E-state index is 12.2. The predicted octanol–water partition coefficient (Wildman–Crippen LogP) is 3.96. The summed E-state index contributed by atoms with van der Waals surface area (Å²) in [5, 5.41) is 2.97. The van der Waals surface area contributed by atoms with Crippen LogP contribution in [0.2, 0.25) is 5.02 Å². The van der Waals surface area contributed by atoms with E-state index in [4.69, 9.17) is 25.8 Å². The fraction of sp³-hybridized carbons (Fsp3) is 0.350. The van der Waals surface area contributed by atoms with Crippen LogP contribution in [0.25, 0.3) is 0 Å². The van der Waals surface area contributed by atoms with Gasteiger partial charge in [0.15, 0.2) is 18.1 Å². The lowest BCUT2D eigenvalue weighted by atomic mass is 10.2. The molecule has 0 fully saturated rings. The fourth-order valence-electron chi connectivity index (χ4n) is 2.12. The number of carbonyl (C=O) groups excluding carboxylic acids is 2. The zero-order valence-corrected chi connectivity index (χ0v) is 16.8. The Morgan fingerprint density at radius 3 is 2.57 bits per heavy atom. The molecule has 1 heterocycles. The molecule has 0 unspecified atom stereocenters. The molecule has 0 bridgehead atoms. The first kappa shape index (κ1) is 21.5. The molecule has 2 rings (SSSR count). The molecule has 0 aliphatic heterocycles. The topological polar surface area (TPSA) is 86.8 Å². The molecule has 0 radical (unpaired) electrons. The van der Waals surface area contributed by atoms with Crippen LogP contribution in [-0.4, -0.2) is 36.7 Å². The van der Waals surface area contributed by atoms with Gasteiger partial charge in [-0.25, -0.2) is 9.78 Å². The molecule has 150 valence electrons. The molecule has 0 atom stereocenters. The van der Waals surface area contributed by atoms with E-state index >= 15 is 0 Å². The third-order valence-electron chi connectivity index (χ3n) is 3.38. The van der Waals surface area contributed by atoms with Crippen molar-refractivity contribution in [2.45, 2.75) is 20.8 Å². The Balaban J connectivity index is 1.95. The van der Waals surface area contributed by atoms with Gasteiger partial charge < -0.3 is 19.5 Å². The quantitative estimate of drug-likeness (QED) is 0.634. The molecule has 0 spiro atoms. The average Bonchev–Trinajstić information content (AvgIpc) is 2.67. The average molecular weight is 407 g/mol. The zero-order valence-electron chi connectivity index (χ0n) is 16.0. The van der Waals surface area contributed by atoms with E-state index in [1.54, 1.807) is 30.3 Å². The number of anilines is 1. The van der Waals surface area contributed by atoms with E-state index in [0.717, 1.165) is 0 Å². The number of nitrogens with zero attached hydrogens (tertiary/aromatic N) is 1. The highest BCUT2D eigenvalue weighted by Crippen LogP contribution is 2.29. The lowest BCUT2D eigenvalue weighted by Crippen LogP contribution is -2.21. The van der Waals surface area contributed by atoms with Gasteiger partial charge in [0.25, 0.3) is 5.91 Å². The number of benzene rings is 1. The third kappa shape index (κ3) is 6.74. The predicted molar refractivity (Wildman–Crippen MR) is 106 cm³/mol. The molecule has 0 aliphatic rings. The summed E-state index contributed by atoms with van der Waals surface area (Å²) in [7, 11) is 0. The first-order chi connectivity index (χ1) is 13.4. The lowest BCUT2D eigenvalue weighted by molar-refractivity contribution is -0.119. The van der Waals surface area contributed by atoms with Crippen molar-refractivity contribution in [1.82, 2.24) is 4.98 Å². The minimum atomic E-state index is -0.643. The number of carbonyl (C=O) groups is 2. The Morgan fingerprint density at radius 2 is 1.93 bits per heavy atom. The van der Waals surface area contributed by atoms with Gasteiger partial charge in [-0.05, 0) is 43.2 Å². The van der Waals surface area contributed by atoms with Crippen molar-refractivity contribution in [2.24, 2.45) is 5.92 Å². The van der Waals surface area contributed by atoms with E-state index < -0.39 is 18.5 Å². The summed E-state index contributed by atoms with van der Waals surface area (Å²) in [6.45, 7) is 6.42. The molecule has 1 N–H and O–H groups in total. The number of hydrogen-bond donors (Lipinski definition) is 1. The number of pyridine rings is 1. The molecule has 1 aromatic carbocycles. The second kappa shape index (κ2) is 10.5. The van der Waals surface area contributed by atoms with Crippen molar-refractivity contribution in [3.05, 3.63) is 47.1 Å². The Labute approximate surface area is 169 Å². The molecule has 8 heteroatoms. The molecular weight excluding hydrogens is 384 g/mol. The standard InChI is InChI=1S/C20H23ClN2O5/c1-4-26-17-9-14(5-7-16(17)27-11-13(2)3)20(25)28-12-19(24)23-18-8-6-15(21)10-22-18/h5-10,13H,4,11-12H2,1-3H3,(H,22,23,24). The number of esters is 1. The highest BCUT2D eigenvalue weighted by atomic mass is 35.5.